The van der Waals surface area contributed by atoms with Gasteiger partial charge in [-0.2, -0.15) is 0 Å². The van der Waals surface area contributed by atoms with E-state index < -0.39 is 0 Å². The molecule has 1 radical (unpaired) electrons. The van der Waals surface area contributed by atoms with Crippen molar-refractivity contribution in [3.05, 3.63) is 6.92 Å². The quantitative estimate of drug-likeness (QED) is 0.155. The van der Waals surface area contributed by atoms with Gasteiger partial charge in [-0.25, -0.2) is 0 Å². The SMILES string of the molecule is [CH2]CC(CCC)CCCCCCCCCCCCCCCCCCCCC. The van der Waals surface area contributed by atoms with Crippen LogP contribution in [0.2, 0.25) is 0 Å². The minimum atomic E-state index is 0.904. The fourth-order valence-corrected chi connectivity index (χ4v) is 4.35. The summed E-state index contributed by atoms with van der Waals surface area (Å²) in [6.45, 7) is 8.71. The van der Waals surface area contributed by atoms with Crippen molar-refractivity contribution in [2.45, 2.75) is 162 Å². The normalized spacial score (nSPS) is 12.6. The molecule has 0 heterocycles. The van der Waals surface area contributed by atoms with E-state index in [1.807, 2.05) is 0 Å². The Morgan fingerprint density at radius 3 is 1.04 bits per heavy atom. The Kier molecular flexibility index (Phi) is 24.0. The summed E-state index contributed by atoms with van der Waals surface area (Å²) in [6, 6.07) is 0. The fourth-order valence-electron chi connectivity index (χ4n) is 4.35. The molecule has 163 valence electrons. The highest BCUT2D eigenvalue weighted by Crippen LogP contribution is 2.20. The van der Waals surface area contributed by atoms with Crippen molar-refractivity contribution >= 4 is 0 Å². The molecule has 0 saturated carbocycles. The molecule has 0 bridgehead atoms. The summed E-state index contributed by atoms with van der Waals surface area (Å²) in [4.78, 5) is 0. The summed E-state index contributed by atoms with van der Waals surface area (Å²) in [7, 11) is 0. The van der Waals surface area contributed by atoms with E-state index in [0.717, 1.165) is 12.3 Å². The van der Waals surface area contributed by atoms with E-state index in [1.165, 1.54) is 141 Å². The Balaban J connectivity index is 3.07. The van der Waals surface area contributed by atoms with Gasteiger partial charge in [-0.05, 0) is 5.92 Å². The van der Waals surface area contributed by atoms with E-state index in [4.69, 9.17) is 0 Å². The van der Waals surface area contributed by atoms with Crippen LogP contribution in [0.5, 0.6) is 0 Å². The maximum absolute atomic E-state index is 4.11. The van der Waals surface area contributed by atoms with Gasteiger partial charge in [0, 0.05) is 0 Å². The summed E-state index contributed by atoms with van der Waals surface area (Å²) in [5.41, 5.74) is 0. The van der Waals surface area contributed by atoms with Gasteiger partial charge in [0.15, 0.2) is 0 Å². The first-order valence-corrected chi connectivity index (χ1v) is 13.1. The minimum Gasteiger partial charge on any atom is -0.0654 e. The maximum atomic E-state index is 4.11. The third kappa shape index (κ3) is 22.2. The lowest BCUT2D eigenvalue weighted by molar-refractivity contribution is 0.421. The molecule has 0 spiro atoms. The largest absolute Gasteiger partial charge is 0.0654 e. The molecule has 1 unspecified atom stereocenters. The van der Waals surface area contributed by atoms with Crippen LogP contribution in [0.3, 0.4) is 0 Å². The zero-order valence-electron chi connectivity index (χ0n) is 19.5. The van der Waals surface area contributed by atoms with E-state index in [0.29, 0.717) is 0 Å². The summed E-state index contributed by atoms with van der Waals surface area (Å²) < 4.78 is 0. The van der Waals surface area contributed by atoms with Crippen LogP contribution in [-0.4, -0.2) is 0 Å². The number of unbranched alkanes of at least 4 members (excludes halogenated alkanes) is 18. The van der Waals surface area contributed by atoms with Crippen molar-refractivity contribution < 1.29 is 0 Å². The second-order valence-electron chi connectivity index (χ2n) is 9.10. The van der Waals surface area contributed by atoms with Gasteiger partial charge in [0.2, 0.25) is 0 Å². The average molecular weight is 380 g/mol. The highest BCUT2D eigenvalue weighted by atomic mass is 14.1. The van der Waals surface area contributed by atoms with Crippen LogP contribution >= 0.6 is 0 Å². The van der Waals surface area contributed by atoms with Crippen molar-refractivity contribution in [3.63, 3.8) is 0 Å². The van der Waals surface area contributed by atoms with E-state index >= 15 is 0 Å². The van der Waals surface area contributed by atoms with Gasteiger partial charge >= 0.3 is 0 Å². The predicted octanol–water partition coefficient (Wildman–Crippen LogP) is 10.4. The molecular formula is C27H55. The molecule has 0 aliphatic rings. The lowest BCUT2D eigenvalue weighted by atomic mass is 9.94. The Morgan fingerprint density at radius 2 is 0.741 bits per heavy atom. The second kappa shape index (κ2) is 24.0. The maximum Gasteiger partial charge on any atom is -0.0414 e. The minimum absolute atomic E-state index is 0.904. The first-order valence-electron chi connectivity index (χ1n) is 13.1. The Morgan fingerprint density at radius 1 is 0.407 bits per heavy atom. The molecule has 0 saturated heterocycles. The third-order valence-electron chi connectivity index (χ3n) is 6.32. The molecule has 0 aromatic rings. The highest BCUT2D eigenvalue weighted by Gasteiger charge is 2.04. The zero-order valence-corrected chi connectivity index (χ0v) is 19.5. The van der Waals surface area contributed by atoms with Crippen LogP contribution in [0.1, 0.15) is 162 Å². The van der Waals surface area contributed by atoms with Gasteiger partial charge in [0.05, 0.1) is 0 Å². The predicted molar refractivity (Wildman–Crippen MR) is 126 cm³/mol. The lowest BCUT2D eigenvalue weighted by Crippen LogP contribution is -1.98. The molecule has 0 aliphatic carbocycles. The average Bonchev–Trinajstić information content (AvgIpc) is 2.68. The van der Waals surface area contributed by atoms with Gasteiger partial charge in [-0.3, -0.25) is 0 Å². The molecular weight excluding hydrogens is 324 g/mol. The van der Waals surface area contributed by atoms with Crippen LogP contribution in [0.4, 0.5) is 0 Å². The number of hydrogen-bond donors (Lipinski definition) is 0. The zero-order chi connectivity index (χ0) is 19.8. The van der Waals surface area contributed by atoms with Crippen LogP contribution in [0.25, 0.3) is 0 Å². The van der Waals surface area contributed by atoms with Crippen molar-refractivity contribution in [1.29, 1.82) is 0 Å². The molecule has 0 aromatic carbocycles. The number of hydrogen-bond acceptors (Lipinski definition) is 0. The molecule has 0 aromatic heterocycles. The van der Waals surface area contributed by atoms with Crippen molar-refractivity contribution in [3.8, 4) is 0 Å². The molecule has 0 amide bonds. The second-order valence-corrected chi connectivity index (χ2v) is 9.10. The summed E-state index contributed by atoms with van der Waals surface area (Å²) in [5, 5.41) is 0. The summed E-state index contributed by atoms with van der Waals surface area (Å²) in [6.07, 6.45) is 33.2. The molecule has 0 heteroatoms. The molecule has 0 aliphatic heterocycles. The van der Waals surface area contributed by atoms with Crippen molar-refractivity contribution in [2.75, 3.05) is 0 Å². The van der Waals surface area contributed by atoms with Crippen LogP contribution in [0.15, 0.2) is 0 Å². The number of rotatable bonds is 23. The molecule has 1 atom stereocenters. The first-order chi connectivity index (χ1) is 13.3. The Labute approximate surface area is 174 Å². The van der Waals surface area contributed by atoms with Gasteiger partial charge in [-0.1, -0.05) is 168 Å². The van der Waals surface area contributed by atoms with Gasteiger partial charge < -0.3 is 0 Å². The Hall–Kier alpha value is 0. The Bertz CT molecular complexity index is 244. The first kappa shape index (κ1) is 27.0. The van der Waals surface area contributed by atoms with E-state index in [-0.39, 0.29) is 0 Å². The lowest BCUT2D eigenvalue weighted by Gasteiger charge is -2.12. The fraction of sp³-hybridized carbons (Fsp3) is 0.963. The van der Waals surface area contributed by atoms with Gasteiger partial charge in [-0.15, -0.1) is 0 Å². The molecule has 27 heavy (non-hydrogen) atoms. The monoisotopic (exact) mass is 379 g/mol. The van der Waals surface area contributed by atoms with Crippen molar-refractivity contribution in [1.82, 2.24) is 0 Å². The standard InChI is InChI=1S/C27H55/c1-4-7-8-9-10-11-12-13-14-15-16-17-18-19-20-21-22-23-24-26-27(6-3)25-5-2/h27H,3-26H2,1-2H3. The molecule has 0 fully saturated rings. The van der Waals surface area contributed by atoms with E-state index in [1.54, 1.807) is 0 Å². The van der Waals surface area contributed by atoms with Crippen LogP contribution in [0, 0.1) is 12.8 Å². The molecule has 0 N–H and O–H groups in total. The van der Waals surface area contributed by atoms with Crippen LogP contribution in [-0.2, 0) is 0 Å². The van der Waals surface area contributed by atoms with E-state index in [9.17, 15) is 0 Å². The van der Waals surface area contributed by atoms with Gasteiger partial charge in [0.25, 0.3) is 0 Å². The topological polar surface area (TPSA) is 0 Å². The molecule has 0 nitrogen and oxygen atoms in total. The summed E-state index contributed by atoms with van der Waals surface area (Å²) in [5.74, 6) is 0.904. The summed E-state index contributed by atoms with van der Waals surface area (Å²) >= 11 is 0. The van der Waals surface area contributed by atoms with Crippen LogP contribution < -0.4 is 0 Å². The smallest absolute Gasteiger partial charge is 0.0414 e. The van der Waals surface area contributed by atoms with Crippen molar-refractivity contribution in [2.24, 2.45) is 5.92 Å². The molecule has 0 rings (SSSR count). The third-order valence-corrected chi connectivity index (χ3v) is 6.32. The van der Waals surface area contributed by atoms with Gasteiger partial charge in [0.1, 0.15) is 0 Å². The highest BCUT2D eigenvalue weighted by molar-refractivity contribution is 4.60. The van der Waals surface area contributed by atoms with E-state index in [2.05, 4.69) is 20.8 Å².